The highest BCUT2D eigenvalue weighted by Crippen LogP contribution is 2.17. The maximum atomic E-state index is 12.8. The number of carbonyl (C=O) groups is 1. The zero-order valence-electron chi connectivity index (χ0n) is 17.6. The van der Waals surface area contributed by atoms with E-state index in [1.54, 1.807) is 4.90 Å². The van der Waals surface area contributed by atoms with Crippen LogP contribution in [0.2, 0.25) is 0 Å². The van der Waals surface area contributed by atoms with Crippen molar-refractivity contribution in [1.82, 2.24) is 10.2 Å². The Hall–Kier alpha value is -1.17. The van der Waals surface area contributed by atoms with Gasteiger partial charge in [-0.2, -0.15) is 0 Å². The van der Waals surface area contributed by atoms with Crippen LogP contribution in [-0.4, -0.2) is 80.3 Å². The summed E-state index contributed by atoms with van der Waals surface area (Å²) >= 11 is 9.87. The summed E-state index contributed by atoms with van der Waals surface area (Å²) in [6.45, 7) is 4.53. The molecule has 2 saturated heterocycles. The summed E-state index contributed by atoms with van der Waals surface area (Å²) in [6.07, 6.45) is -4.64. The SMILES string of the molecule is CC(Cl)OC(=O)Cl.FC(F)[C@@H]1COCCN1.FC(F)[C@@H]1COCCN1Cc1ccccc1. The third-order valence-corrected chi connectivity index (χ3v) is 4.49. The topological polar surface area (TPSA) is 60.0 Å². The van der Waals surface area contributed by atoms with Crippen molar-refractivity contribution in [3.8, 4) is 0 Å². The summed E-state index contributed by atoms with van der Waals surface area (Å²) in [7, 11) is 0. The fourth-order valence-corrected chi connectivity index (χ4v) is 3.04. The Morgan fingerprint density at radius 2 is 1.81 bits per heavy atom. The second-order valence-corrected chi connectivity index (χ2v) is 7.72. The van der Waals surface area contributed by atoms with E-state index in [0.29, 0.717) is 32.8 Å². The van der Waals surface area contributed by atoms with Crippen LogP contribution in [0.4, 0.5) is 22.4 Å². The summed E-state index contributed by atoms with van der Waals surface area (Å²) < 4.78 is 63.1. The Balaban J connectivity index is 0.000000271. The summed E-state index contributed by atoms with van der Waals surface area (Å²) in [5.41, 5.74) is -0.442. The van der Waals surface area contributed by atoms with Gasteiger partial charge in [-0.1, -0.05) is 41.9 Å². The lowest BCUT2D eigenvalue weighted by atomic mass is 10.1. The van der Waals surface area contributed by atoms with Crippen molar-refractivity contribution in [1.29, 1.82) is 0 Å². The first-order valence-corrected chi connectivity index (χ1v) is 10.8. The van der Waals surface area contributed by atoms with Gasteiger partial charge in [0.15, 0.2) is 5.56 Å². The molecule has 32 heavy (non-hydrogen) atoms. The fourth-order valence-electron chi connectivity index (χ4n) is 2.78. The van der Waals surface area contributed by atoms with E-state index < -0.39 is 35.9 Å². The van der Waals surface area contributed by atoms with Crippen LogP contribution in [-0.2, 0) is 20.8 Å². The first-order valence-electron chi connectivity index (χ1n) is 9.94. The van der Waals surface area contributed by atoms with Crippen molar-refractivity contribution in [3.63, 3.8) is 0 Å². The third kappa shape index (κ3) is 12.8. The van der Waals surface area contributed by atoms with E-state index in [4.69, 9.17) is 32.7 Å². The van der Waals surface area contributed by atoms with Gasteiger partial charge in [-0.25, -0.2) is 22.4 Å². The minimum atomic E-state index is -2.34. The predicted molar refractivity (Wildman–Crippen MR) is 114 cm³/mol. The molecule has 12 heteroatoms. The van der Waals surface area contributed by atoms with Crippen LogP contribution in [0.15, 0.2) is 30.3 Å². The predicted octanol–water partition coefficient (Wildman–Crippen LogP) is 4.34. The van der Waals surface area contributed by atoms with E-state index in [0.717, 1.165) is 5.56 Å². The molecular weight excluding hydrogens is 479 g/mol. The van der Waals surface area contributed by atoms with Gasteiger partial charge in [-0.05, 0) is 12.5 Å². The number of halogens is 6. The Morgan fingerprint density at radius 3 is 2.25 bits per heavy atom. The van der Waals surface area contributed by atoms with E-state index in [2.05, 4.69) is 10.1 Å². The van der Waals surface area contributed by atoms with E-state index in [-0.39, 0.29) is 13.2 Å². The number of hydrogen-bond acceptors (Lipinski definition) is 6. The number of morpholine rings is 2. The highest BCUT2D eigenvalue weighted by atomic mass is 35.5. The molecule has 0 radical (unpaired) electrons. The number of nitrogens with zero attached hydrogens (tertiary/aromatic N) is 1. The van der Waals surface area contributed by atoms with Gasteiger partial charge < -0.3 is 19.5 Å². The summed E-state index contributed by atoms with van der Waals surface area (Å²) in [6, 6.07) is 8.16. The normalized spacial score (nSPS) is 22.3. The Kier molecular flexibility index (Phi) is 14.8. The molecule has 0 saturated carbocycles. The molecule has 2 aliphatic rings. The molecule has 1 aromatic rings. The summed E-state index contributed by atoms with van der Waals surface area (Å²) in [5, 5.41) is 2.64. The molecule has 184 valence electrons. The van der Waals surface area contributed by atoms with Gasteiger partial charge in [0.1, 0.15) is 0 Å². The van der Waals surface area contributed by atoms with Crippen molar-refractivity contribution >= 4 is 28.6 Å². The van der Waals surface area contributed by atoms with Crippen LogP contribution in [0.3, 0.4) is 0 Å². The lowest BCUT2D eigenvalue weighted by molar-refractivity contribution is -0.0743. The molecule has 1 N–H and O–H groups in total. The largest absolute Gasteiger partial charge is 0.434 e. The van der Waals surface area contributed by atoms with Gasteiger partial charge in [0.05, 0.1) is 38.5 Å². The van der Waals surface area contributed by atoms with E-state index in [1.807, 2.05) is 30.3 Å². The van der Waals surface area contributed by atoms with Crippen LogP contribution >= 0.6 is 23.2 Å². The van der Waals surface area contributed by atoms with Crippen LogP contribution < -0.4 is 5.32 Å². The molecule has 0 spiro atoms. The fraction of sp³-hybridized carbons (Fsp3) is 0.650. The van der Waals surface area contributed by atoms with Crippen molar-refractivity contribution in [3.05, 3.63) is 35.9 Å². The van der Waals surface area contributed by atoms with Crippen molar-refractivity contribution < 1.29 is 36.6 Å². The number of carbonyl (C=O) groups excluding carboxylic acids is 1. The molecule has 0 bridgehead atoms. The van der Waals surface area contributed by atoms with E-state index >= 15 is 0 Å². The van der Waals surface area contributed by atoms with Crippen LogP contribution in [0, 0.1) is 0 Å². The molecule has 2 aliphatic heterocycles. The van der Waals surface area contributed by atoms with Gasteiger partial charge in [0.2, 0.25) is 0 Å². The van der Waals surface area contributed by atoms with Crippen LogP contribution in [0.25, 0.3) is 0 Å². The van der Waals surface area contributed by atoms with E-state index in [1.165, 1.54) is 6.92 Å². The molecule has 1 aromatic carbocycles. The summed E-state index contributed by atoms with van der Waals surface area (Å²) in [5.74, 6) is 0. The molecule has 1 unspecified atom stereocenters. The monoisotopic (exact) mass is 506 g/mol. The molecular formula is C20H28Cl2F4N2O4. The van der Waals surface area contributed by atoms with Gasteiger partial charge in [-0.15, -0.1) is 0 Å². The zero-order chi connectivity index (χ0) is 23.9. The Morgan fingerprint density at radius 1 is 1.16 bits per heavy atom. The van der Waals surface area contributed by atoms with Gasteiger partial charge in [-0.3, -0.25) is 4.90 Å². The maximum Gasteiger partial charge on any atom is 0.405 e. The summed E-state index contributed by atoms with van der Waals surface area (Å²) in [4.78, 5) is 11.5. The van der Waals surface area contributed by atoms with Crippen LogP contribution in [0.1, 0.15) is 12.5 Å². The third-order valence-electron chi connectivity index (χ3n) is 4.31. The first-order chi connectivity index (χ1) is 15.2. The zero-order valence-corrected chi connectivity index (χ0v) is 19.1. The molecule has 2 heterocycles. The van der Waals surface area contributed by atoms with Gasteiger partial charge >= 0.3 is 5.43 Å². The molecule has 0 aromatic heterocycles. The van der Waals surface area contributed by atoms with Crippen molar-refractivity contribution in [2.24, 2.45) is 0 Å². The molecule has 3 atom stereocenters. The van der Waals surface area contributed by atoms with Gasteiger partial charge in [0.25, 0.3) is 12.9 Å². The molecule has 6 nitrogen and oxygen atoms in total. The minimum Gasteiger partial charge on any atom is -0.434 e. The van der Waals surface area contributed by atoms with E-state index in [9.17, 15) is 22.4 Å². The standard InChI is InChI=1S/C12H15F2NO.C5H9F2NO.C3H4Cl2O2/c13-12(14)11-9-16-7-6-15(11)8-10-4-2-1-3-5-10;6-5(7)4-3-9-2-1-8-4;1-2(4)7-3(5)6/h1-5,11-12H,6-9H2;4-5,8H,1-3H2;2H,1H3/t11-;4-;/m00./s1. The second-order valence-electron chi connectivity index (χ2n) is 6.80. The lowest BCUT2D eigenvalue weighted by Crippen LogP contribution is -2.48. The van der Waals surface area contributed by atoms with Gasteiger partial charge in [0, 0.05) is 31.2 Å². The average molecular weight is 507 g/mol. The highest BCUT2D eigenvalue weighted by molar-refractivity contribution is 6.61. The number of ether oxygens (including phenoxy) is 3. The number of benzene rings is 1. The van der Waals surface area contributed by atoms with Crippen LogP contribution in [0.5, 0.6) is 0 Å². The molecule has 2 fully saturated rings. The maximum absolute atomic E-state index is 12.8. The van der Waals surface area contributed by atoms with Crippen molar-refractivity contribution in [2.45, 2.75) is 44.0 Å². The second kappa shape index (κ2) is 16.4. The van der Waals surface area contributed by atoms with Crippen molar-refractivity contribution in [2.75, 3.05) is 39.5 Å². The Labute approximate surface area is 195 Å². The quantitative estimate of drug-likeness (QED) is 0.364. The number of rotatable bonds is 5. The number of hydrogen-bond donors (Lipinski definition) is 1. The smallest absolute Gasteiger partial charge is 0.405 e. The number of nitrogens with one attached hydrogen (secondary N) is 1. The molecule has 0 amide bonds. The molecule has 0 aliphatic carbocycles. The Bertz CT molecular complexity index is 627. The first kappa shape index (κ1) is 28.9. The minimum absolute atomic E-state index is 0.129. The highest BCUT2D eigenvalue weighted by Gasteiger charge is 2.30. The average Bonchev–Trinajstić information content (AvgIpc) is 2.75. The number of alkyl halides is 5. The lowest BCUT2D eigenvalue weighted by Gasteiger charge is -2.34. The molecule has 3 rings (SSSR count).